The molecule has 2 aromatic heterocycles. The van der Waals surface area contributed by atoms with Crippen LogP contribution in [0.25, 0.3) is 22.3 Å². The summed E-state index contributed by atoms with van der Waals surface area (Å²) >= 11 is 3.49. The molecule has 4 nitrogen and oxygen atoms in total. The number of aromatic amines is 2. The fraction of sp³-hybridized carbons (Fsp3) is 0. The van der Waals surface area contributed by atoms with E-state index in [9.17, 15) is 4.79 Å². The van der Waals surface area contributed by atoms with Gasteiger partial charge in [0.1, 0.15) is 5.69 Å². The van der Waals surface area contributed by atoms with Gasteiger partial charge in [-0.15, -0.1) is 0 Å². The number of fused-ring (bicyclic) bond motifs is 1. The zero-order valence-electron chi connectivity index (χ0n) is 9.20. The molecule has 0 saturated heterocycles. The van der Waals surface area contributed by atoms with E-state index in [1.165, 1.54) is 0 Å². The molecule has 0 radical (unpaired) electrons. The number of aromatic nitrogens is 2. The van der Waals surface area contributed by atoms with Gasteiger partial charge in [0.2, 0.25) is 0 Å². The van der Waals surface area contributed by atoms with Crippen LogP contribution in [0.4, 0.5) is 0 Å². The van der Waals surface area contributed by atoms with Gasteiger partial charge in [0.05, 0.1) is 11.4 Å². The van der Waals surface area contributed by atoms with Gasteiger partial charge in [-0.2, -0.15) is 0 Å². The van der Waals surface area contributed by atoms with Crippen molar-refractivity contribution in [2.75, 3.05) is 0 Å². The molecule has 1 aromatic carbocycles. The first-order valence-electron chi connectivity index (χ1n) is 5.35. The molecule has 0 spiro atoms. The summed E-state index contributed by atoms with van der Waals surface area (Å²) in [4.78, 5) is 16.9. The summed E-state index contributed by atoms with van der Waals surface area (Å²) in [5, 5.41) is 9.95. The lowest BCUT2D eigenvalue weighted by Crippen LogP contribution is -1.95. The van der Waals surface area contributed by atoms with Crippen LogP contribution in [0.15, 0.2) is 40.9 Å². The fourth-order valence-corrected chi connectivity index (χ4v) is 2.42. The normalized spacial score (nSPS) is 10.9. The van der Waals surface area contributed by atoms with E-state index in [1.807, 2.05) is 24.3 Å². The van der Waals surface area contributed by atoms with Gasteiger partial charge in [0, 0.05) is 15.4 Å². The maximum atomic E-state index is 10.8. The second-order valence-electron chi connectivity index (χ2n) is 3.97. The topological polar surface area (TPSA) is 68.9 Å². The minimum atomic E-state index is -0.960. The number of hydrogen-bond donors (Lipinski definition) is 3. The zero-order valence-corrected chi connectivity index (χ0v) is 10.8. The number of carboxylic acid groups (broad SMARTS) is 1. The highest BCUT2D eigenvalue weighted by Crippen LogP contribution is 2.28. The Morgan fingerprint density at radius 1 is 1.11 bits per heavy atom. The standard InChI is InChI=1S/C13H9BrN2O2/c14-8-2-1-3-9-7(8)6-12(15-9)10-4-5-11(16-10)13(17)18/h1-6,15-16H,(H,17,18). The van der Waals surface area contributed by atoms with Crippen LogP contribution in [-0.4, -0.2) is 21.0 Å². The van der Waals surface area contributed by atoms with Crippen molar-refractivity contribution in [3.63, 3.8) is 0 Å². The highest BCUT2D eigenvalue weighted by Gasteiger charge is 2.10. The van der Waals surface area contributed by atoms with E-state index in [-0.39, 0.29) is 5.69 Å². The second-order valence-corrected chi connectivity index (χ2v) is 4.83. The number of rotatable bonds is 2. The minimum absolute atomic E-state index is 0.183. The molecule has 90 valence electrons. The average molecular weight is 305 g/mol. The zero-order chi connectivity index (χ0) is 12.7. The summed E-state index contributed by atoms with van der Waals surface area (Å²) in [6.45, 7) is 0. The number of carbonyl (C=O) groups is 1. The van der Waals surface area contributed by atoms with Crippen LogP contribution < -0.4 is 0 Å². The summed E-state index contributed by atoms with van der Waals surface area (Å²) in [5.74, 6) is -0.960. The monoisotopic (exact) mass is 304 g/mol. The summed E-state index contributed by atoms with van der Waals surface area (Å²) in [6.07, 6.45) is 0. The quantitative estimate of drug-likeness (QED) is 0.677. The molecule has 18 heavy (non-hydrogen) atoms. The van der Waals surface area contributed by atoms with Gasteiger partial charge >= 0.3 is 5.97 Å². The second kappa shape index (κ2) is 4.03. The van der Waals surface area contributed by atoms with Crippen LogP contribution in [0.5, 0.6) is 0 Å². The number of carboxylic acids is 1. The Hall–Kier alpha value is -2.01. The van der Waals surface area contributed by atoms with Gasteiger partial charge < -0.3 is 15.1 Å². The Labute approximate surface area is 111 Å². The molecule has 5 heteroatoms. The lowest BCUT2D eigenvalue weighted by molar-refractivity contribution is 0.0691. The van der Waals surface area contributed by atoms with Crippen LogP contribution in [0.2, 0.25) is 0 Å². The van der Waals surface area contributed by atoms with E-state index in [1.54, 1.807) is 12.1 Å². The molecule has 0 bridgehead atoms. The van der Waals surface area contributed by atoms with Gasteiger partial charge in [0.25, 0.3) is 0 Å². The molecule has 0 aliphatic heterocycles. The van der Waals surface area contributed by atoms with Crippen molar-refractivity contribution in [1.29, 1.82) is 0 Å². The van der Waals surface area contributed by atoms with Gasteiger partial charge in [0.15, 0.2) is 0 Å². The summed E-state index contributed by atoms with van der Waals surface area (Å²) in [7, 11) is 0. The molecule has 2 heterocycles. The Kier molecular flexibility index (Phi) is 2.48. The molecule has 0 saturated carbocycles. The van der Waals surface area contributed by atoms with Gasteiger partial charge in [-0.25, -0.2) is 4.79 Å². The van der Waals surface area contributed by atoms with Crippen LogP contribution in [0.1, 0.15) is 10.5 Å². The molecule has 0 fully saturated rings. The van der Waals surface area contributed by atoms with Crippen molar-refractivity contribution in [2.24, 2.45) is 0 Å². The first-order valence-corrected chi connectivity index (χ1v) is 6.14. The van der Waals surface area contributed by atoms with Crippen LogP contribution in [0, 0.1) is 0 Å². The van der Waals surface area contributed by atoms with Crippen LogP contribution in [-0.2, 0) is 0 Å². The van der Waals surface area contributed by atoms with E-state index < -0.39 is 5.97 Å². The number of benzene rings is 1. The Morgan fingerprint density at radius 3 is 2.61 bits per heavy atom. The van der Waals surface area contributed by atoms with Crippen molar-refractivity contribution in [1.82, 2.24) is 9.97 Å². The minimum Gasteiger partial charge on any atom is -0.477 e. The van der Waals surface area contributed by atoms with Crippen LogP contribution in [0.3, 0.4) is 0 Å². The molecular weight excluding hydrogens is 296 g/mol. The highest BCUT2D eigenvalue weighted by atomic mass is 79.9. The summed E-state index contributed by atoms with van der Waals surface area (Å²) < 4.78 is 1.01. The van der Waals surface area contributed by atoms with E-state index in [0.29, 0.717) is 0 Å². The molecule has 0 amide bonds. The Bertz CT molecular complexity index is 742. The van der Waals surface area contributed by atoms with E-state index in [4.69, 9.17) is 5.11 Å². The predicted molar refractivity (Wildman–Crippen MR) is 72.7 cm³/mol. The molecule has 0 aliphatic carbocycles. The molecule has 0 unspecified atom stereocenters. The van der Waals surface area contributed by atoms with Crippen molar-refractivity contribution in [3.05, 3.63) is 46.6 Å². The van der Waals surface area contributed by atoms with E-state index in [0.717, 1.165) is 26.8 Å². The maximum absolute atomic E-state index is 10.8. The molecule has 0 aliphatic rings. The summed E-state index contributed by atoms with van der Waals surface area (Å²) in [5.41, 5.74) is 2.81. The smallest absolute Gasteiger partial charge is 0.352 e. The number of H-pyrrole nitrogens is 2. The van der Waals surface area contributed by atoms with Crippen molar-refractivity contribution < 1.29 is 9.90 Å². The Balaban J connectivity index is 2.13. The fourth-order valence-electron chi connectivity index (χ4n) is 1.94. The number of aromatic carboxylic acids is 1. The average Bonchev–Trinajstić information content (AvgIpc) is 2.95. The molecule has 3 rings (SSSR count). The molecule has 3 aromatic rings. The van der Waals surface area contributed by atoms with Crippen molar-refractivity contribution in [3.8, 4) is 11.4 Å². The van der Waals surface area contributed by atoms with Crippen molar-refractivity contribution in [2.45, 2.75) is 0 Å². The highest BCUT2D eigenvalue weighted by molar-refractivity contribution is 9.10. The maximum Gasteiger partial charge on any atom is 0.352 e. The van der Waals surface area contributed by atoms with Gasteiger partial charge in [-0.3, -0.25) is 0 Å². The van der Waals surface area contributed by atoms with Crippen molar-refractivity contribution >= 4 is 32.8 Å². The first kappa shape index (κ1) is 11.1. The Morgan fingerprint density at radius 2 is 1.94 bits per heavy atom. The van der Waals surface area contributed by atoms with Gasteiger partial charge in [-0.1, -0.05) is 22.0 Å². The van der Waals surface area contributed by atoms with Gasteiger partial charge in [-0.05, 0) is 30.3 Å². The third-order valence-corrected chi connectivity index (χ3v) is 3.51. The molecule has 3 N–H and O–H groups in total. The van der Waals surface area contributed by atoms with Crippen LogP contribution >= 0.6 is 15.9 Å². The molecule has 0 atom stereocenters. The molecular formula is C13H9BrN2O2. The largest absolute Gasteiger partial charge is 0.477 e. The third-order valence-electron chi connectivity index (χ3n) is 2.82. The lowest BCUT2D eigenvalue weighted by Gasteiger charge is -1.91. The summed E-state index contributed by atoms with van der Waals surface area (Å²) in [6, 6.07) is 11.2. The lowest BCUT2D eigenvalue weighted by atomic mass is 10.2. The SMILES string of the molecule is O=C(O)c1ccc(-c2cc3c(Br)cccc3[nH]2)[nH]1. The number of hydrogen-bond acceptors (Lipinski definition) is 1. The van der Waals surface area contributed by atoms with E-state index in [2.05, 4.69) is 25.9 Å². The number of halogens is 1. The third kappa shape index (κ3) is 1.73. The number of nitrogens with one attached hydrogen (secondary N) is 2. The first-order chi connectivity index (χ1) is 8.65. The predicted octanol–water partition coefficient (Wildman–Crippen LogP) is 3.62. The van der Waals surface area contributed by atoms with E-state index >= 15 is 0 Å².